The molecule has 3 aromatic carbocycles. The van der Waals surface area contributed by atoms with E-state index >= 15 is 0 Å². The highest BCUT2D eigenvalue weighted by Crippen LogP contribution is 2.53. The average molecular weight is 566 g/mol. The minimum atomic E-state index is 0.0382. The van der Waals surface area contributed by atoms with E-state index in [1.54, 1.807) is 7.11 Å². The Kier molecular flexibility index (Phi) is 6.54. The molecule has 0 saturated heterocycles. The highest BCUT2D eigenvalue weighted by atomic mass is 79.9. The number of allylic oxidation sites excluding steroid dienone is 2. The summed E-state index contributed by atoms with van der Waals surface area (Å²) in [6.07, 6.45) is 5.50. The Balaban J connectivity index is 1.49. The van der Waals surface area contributed by atoms with E-state index in [9.17, 15) is 0 Å². The third kappa shape index (κ3) is 4.23. The van der Waals surface area contributed by atoms with Crippen molar-refractivity contribution in [3.8, 4) is 11.5 Å². The second-order valence-corrected chi connectivity index (χ2v) is 10.3. The summed E-state index contributed by atoms with van der Waals surface area (Å²) in [5, 5.41) is 5.44. The highest BCUT2D eigenvalue weighted by Gasteiger charge is 2.39. The first-order chi connectivity index (χ1) is 16.0. The van der Waals surface area contributed by atoms with Crippen molar-refractivity contribution in [2.75, 3.05) is 12.4 Å². The number of halogens is 4. The van der Waals surface area contributed by atoms with Crippen LogP contribution in [0.4, 0.5) is 5.69 Å². The predicted molar refractivity (Wildman–Crippen MR) is 139 cm³/mol. The van der Waals surface area contributed by atoms with Crippen molar-refractivity contribution >= 4 is 56.4 Å². The van der Waals surface area contributed by atoms with Gasteiger partial charge in [-0.3, -0.25) is 0 Å². The van der Waals surface area contributed by atoms with Crippen LogP contribution in [-0.4, -0.2) is 7.11 Å². The molecule has 1 N–H and O–H groups in total. The number of fused-ring (bicyclic) bond motifs is 3. The van der Waals surface area contributed by atoms with Crippen molar-refractivity contribution in [3.63, 3.8) is 0 Å². The molecule has 1 heterocycles. The topological polar surface area (TPSA) is 30.5 Å². The van der Waals surface area contributed by atoms with Crippen LogP contribution in [0.2, 0.25) is 15.1 Å². The molecule has 3 atom stereocenters. The van der Waals surface area contributed by atoms with Gasteiger partial charge in [-0.25, -0.2) is 0 Å². The molecule has 1 aliphatic heterocycles. The molecule has 1 aliphatic carbocycles. The standard InChI is InChI=1S/C26H21BrCl3NO2/c1-32-22-12-15(11-19(27)26(22)33-13-14-5-2-3-8-20(14)28)24-17-7-4-6-16(17)18-9-10-21(29)23(30)25(18)31-24/h2-6,8-12,16-17,24,31H,7,13H2,1H3/t16-,17+,24+/m1/s1. The molecule has 2 aliphatic rings. The Labute approximate surface area is 216 Å². The van der Waals surface area contributed by atoms with Gasteiger partial charge in [0.2, 0.25) is 0 Å². The number of rotatable bonds is 5. The van der Waals surface area contributed by atoms with Gasteiger partial charge < -0.3 is 14.8 Å². The zero-order valence-corrected chi connectivity index (χ0v) is 21.6. The Morgan fingerprint density at radius 3 is 2.67 bits per heavy atom. The van der Waals surface area contributed by atoms with E-state index in [-0.39, 0.29) is 12.0 Å². The largest absolute Gasteiger partial charge is 0.493 e. The van der Waals surface area contributed by atoms with Crippen molar-refractivity contribution in [2.45, 2.75) is 25.0 Å². The molecule has 3 aromatic rings. The van der Waals surface area contributed by atoms with Crippen molar-refractivity contribution in [2.24, 2.45) is 5.92 Å². The normalized spacial score (nSPS) is 20.7. The van der Waals surface area contributed by atoms with Crippen LogP contribution in [0.1, 0.15) is 35.1 Å². The zero-order valence-electron chi connectivity index (χ0n) is 17.7. The third-order valence-corrected chi connectivity index (χ3v) is 8.13. The van der Waals surface area contributed by atoms with Gasteiger partial charge in [0.15, 0.2) is 11.5 Å². The molecule has 0 bridgehead atoms. The molecule has 170 valence electrons. The van der Waals surface area contributed by atoms with Crippen molar-refractivity contribution in [1.29, 1.82) is 0 Å². The lowest BCUT2D eigenvalue weighted by Crippen LogP contribution is -2.29. The van der Waals surface area contributed by atoms with Crippen LogP contribution in [0.15, 0.2) is 65.2 Å². The lowest BCUT2D eigenvalue weighted by Gasteiger charge is -2.38. The summed E-state index contributed by atoms with van der Waals surface area (Å²) in [5.74, 6) is 1.93. The molecule has 0 amide bonds. The minimum absolute atomic E-state index is 0.0382. The second-order valence-electron chi connectivity index (χ2n) is 8.22. The first kappa shape index (κ1) is 22.9. The number of nitrogens with one attached hydrogen (secondary N) is 1. The Morgan fingerprint density at radius 1 is 1.06 bits per heavy atom. The van der Waals surface area contributed by atoms with Crippen LogP contribution in [0.3, 0.4) is 0 Å². The maximum Gasteiger partial charge on any atom is 0.175 e. The van der Waals surface area contributed by atoms with Gasteiger partial charge in [0.1, 0.15) is 6.61 Å². The highest BCUT2D eigenvalue weighted by molar-refractivity contribution is 9.10. The van der Waals surface area contributed by atoms with Crippen LogP contribution in [-0.2, 0) is 6.61 Å². The fourth-order valence-electron chi connectivity index (χ4n) is 4.76. The molecule has 0 saturated carbocycles. The lowest BCUT2D eigenvalue weighted by molar-refractivity contribution is 0.282. The monoisotopic (exact) mass is 563 g/mol. The molecule has 7 heteroatoms. The van der Waals surface area contributed by atoms with Gasteiger partial charge in [-0.1, -0.05) is 71.2 Å². The maximum atomic E-state index is 6.60. The minimum Gasteiger partial charge on any atom is -0.493 e. The van der Waals surface area contributed by atoms with E-state index in [1.807, 2.05) is 36.4 Å². The van der Waals surface area contributed by atoms with E-state index in [0.717, 1.165) is 27.7 Å². The molecule has 0 aromatic heterocycles. The van der Waals surface area contributed by atoms with Crippen molar-refractivity contribution < 1.29 is 9.47 Å². The van der Waals surface area contributed by atoms with Gasteiger partial charge in [-0.05, 0) is 63.7 Å². The van der Waals surface area contributed by atoms with Crippen molar-refractivity contribution in [1.82, 2.24) is 0 Å². The van der Waals surface area contributed by atoms with Gasteiger partial charge in [-0.15, -0.1) is 0 Å². The zero-order chi connectivity index (χ0) is 23.1. The summed E-state index contributed by atoms with van der Waals surface area (Å²) in [4.78, 5) is 0. The van der Waals surface area contributed by atoms with Crippen LogP contribution in [0, 0.1) is 5.92 Å². The molecule has 0 fully saturated rings. The first-order valence-corrected chi connectivity index (χ1v) is 12.6. The summed E-state index contributed by atoms with van der Waals surface area (Å²) in [7, 11) is 1.65. The number of hydrogen-bond donors (Lipinski definition) is 1. The predicted octanol–water partition coefficient (Wildman–Crippen LogP) is 8.82. The molecule has 5 rings (SSSR count). The number of hydrogen-bond acceptors (Lipinski definition) is 3. The Bertz CT molecular complexity index is 1250. The molecule has 0 radical (unpaired) electrons. The Hall–Kier alpha value is -1.85. The fourth-order valence-corrected chi connectivity index (χ4v) is 5.91. The molecular formula is C26H21BrCl3NO2. The van der Waals surface area contributed by atoms with Gasteiger partial charge >= 0.3 is 0 Å². The Morgan fingerprint density at radius 2 is 1.88 bits per heavy atom. The first-order valence-electron chi connectivity index (χ1n) is 10.6. The second kappa shape index (κ2) is 9.42. The summed E-state index contributed by atoms with van der Waals surface area (Å²) < 4.78 is 12.7. The van der Waals surface area contributed by atoms with E-state index < -0.39 is 0 Å². The lowest BCUT2D eigenvalue weighted by atomic mass is 9.77. The molecule has 0 unspecified atom stereocenters. The van der Waals surface area contributed by atoms with Crippen LogP contribution in [0.5, 0.6) is 11.5 Å². The van der Waals surface area contributed by atoms with E-state index in [4.69, 9.17) is 44.3 Å². The fraction of sp³-hybridized carbons (Fsp3) is 0.231. The molecule has 3 nitrogen and oxygen atoms in total. The molecular weight excluding hydrogens is 545 g/mol. The number of methoxy groups -OCH3 is 1. The average Bonchev–Trinajstić information content (AvgIpc) is 3.31. The van der Waals surface area contributed by atoms with Crippen molar-refractivity contribution in [3.05, 3.63) is 96.9 Å². The van der Waals surface area contributed by atoms with Crippen LogP contribution in [0.25, 0.3) is 0 Å². The summed E-state index contributed by atoms with van der Waals surface area (Å²) >= 11 is 22.9. The molecule has 33 heavy (non-hydrogen) atoms. The number of ether oxygens (including phenoxy) is 2. The summed E-state index contributed by atoms with van der Waals surface area (Å²) in [6, 6.07) is 15.7. The maximum absolute atomic E-state index is 6.60. The number of benzene rings is 3. The van der Waals surface area contributed by atoms with Gasteiger partial charge in [-0.2, -0.15) is 0 Å². The van der Waals surface area contributed by atoms with Gasteiger partial charge in [0.05, 0.1) is 33.4 Å². The smallest absolute Gasteiger partial charge is 0.175 e. The SMILES string of the molecule is COc1cc([C@@H]2Nc3c(ccc(Cl)c3Cl)[C@@H]3C=CC[C@@H]32)cc(Br)c1OCc1ccccc1Cl. The van der Waals surface area contributed by atoms with Crippen LogP contribution >= 0.6 is 50.7 Å². The molecule has 0 spiro atoms. The number of anilines is 1. The third-order valence-electron chi connectivity index (χ3n) is 6.37. The van der Waals surface area contributed by atoms with Gasteiger partial charge in [0, 0.05) is 16.5 Å². The summed E-state index contributed by atoms with van der Waals surface area (Å²) in [5.41, 5.74) is 4.08. The van der Waals surface area contributed by atoms with E-state index in [1.165, 1.54) is 5.56 Å². The van der Waals surface area contributed by atoms with E-state index in [2.05, 4.69) is 45.5 Å². The van der Waals surface area contributed by atoms with Gasteiger partial charge in [0.25, 0.3) is 0 Å². The van der Waals surface area contributed by atoms with E-state index in [0.29, 0.717) is 39.1 Å². The summed E-state index contributed by atoms with van der Waals surface area (Å²) in [6.45, 7) is 0.339. The van der Waals surface area contributed by atoms with Crippen LogP contribution < -0.4 is 14.8 Å². The quantitative estimate of drug-likeness (QED) is 0.314.